The number of hydrogen-bond acceptors (Lipinski definition) is 3. The summed E-state index contributed by atoms with van der Waals surface area (Å²) in [5.74, 6) is 0.107. The molecule has 1 amide bonds. The number of aromatic nitrogens is 1. The Morgan fingerprint density at radius 2 is 1.94 bits per heavy atom. The van der Waals surface area contributed by atoms with Gasteiger partial charge in [-0.15, -0.1) is 24.4 Å². The fourth-order valence-electron chi connectivity index (χ4n) is 3.86. The van der Waals surface area contributed by atoms with E-state index in [0.29, 0.717) is 11.8 Å². The number of hydrogen-bond donors (Lipinski definition) is 1. The molecule has 2 aliphatic carbocycles. The summed E-state index contributed by atoms with van der Waals surface area (Å²) in [6, 6.07) is 13.1. The topological polar surface area (TPSA) is 115 Å². The predicted octanol–water partition coefficient (Wildman–Crippen LogP) is 2.49. The fraction of sp³-hybridized carbons (Fsp3) is 0.444. The number of amides is 1. The third-order valence-electron chi connectivity index (χ3n) is 6.12. The molecule has 0 bridgehead atoms. The molecule has 1 aromatic carbocycles. The molecule has 2 saturated carbocycles. The van der Waals surface area contributed by atoms with Gasteiger partial charge >= 0.3 is 72.4 Å². The molecule has 2 fully saturated rings. The SMILES string of the molecule is COC1CCC([NH-])CC1.C[N-]/C(=C\C(N)=NC(=O)C1CC1)c1cccc(-c2c[c-]cnc2C)c1.[K+].[W+2]. The van der Waals surface area contributed by atoms with Crippen LogP contribution in [0.15, 0.2) is 47.6 Å². The van der Waals surface area contributed by atoms with Gasteiger partial charge in [0, 0.05) is 13.0 Å². The van der Waals surface area contributed by atoms with Gasteiger partial charge in [-0.2, -0.15) is 4.99 Å². The zero-order valence-corrected chi connectivity index (χ0v) is 27.7. The number of nitrogens with one attached hydrogen (secondary N) is 1. The molecule has 0 spiro atoms. The van der Waals surface area contributed by atoms with E-state index in [1.165, 1.54) is 0 Å². The van der Waals surface area contributed by atoms with Crippen molar-refractivity contribution < 1.29 is 82.0 Å². The molecule has 7 nitrogen and oxygen atoms in total. The Morgan fingerprint density at radius 3 is 2.53 bits per heavy atom. The predicted molar refractivity (Wildman–Crippen MR) is 137 cm³/mol. The Hall–Kier alpha value is -0.705. The second-order valence-corrected chi connectivity index (χ2v) is 8.76. The molecule has 9 heteroatoms. The van der Waals surface area contributed by atoms with Crippen LogP contribution in [0.5, 0.6) is 0 Å². The van der Waals surface area contributed by atoms with Gasteiger partial charge in [0.25, 0.3) is 5.91 Å². The van der Waals surface area contributed by atoms with Crippen molar-refractivity contribution in [2.24, 2.45) is 16.6 Å². The molecule has 0 atom stereocenters. The Balaban J connectivity index is 0.000000502. The number of pyridine rings is 1. The number of nitrogens with two attached hydrogens (primary N) is 1. The minimum Gasteiger partial charge on any atom is -0.686 e. The van der Waals surface area contributed by atoms with Gasteiger partial charge in [0.05, 0.1) is 6.10 Å². The maximum atomic E-state index is 11.8. The second-order valence-electron chi connectivity index (χ2n) is 8.76. The molecule has 1 heterocycles. The molecule has 3 N–H and O–H groups in total. The Morgan fingerprint density at radius 1 is 1.25 bits per heavy atom. The normalized spacial score (nSPS) is 19.7. The zero-order valence-electron chi connectivity index (χ0n) is 21.7. The van der Waals surface area contributed by atoms with Gasteiger partial charge in [-0.25, -0.2) is 12.1 Å². The Labute approximate surface area is 272 Å². The van der Waals surface area contributed by atoms with Gasteiger partial charge in [0.15, 0.2) is 0 Å². The van der Waals surface area contributed by atoms with Crippen molar-refractivity contribution in [2.45, 2.75) is 57.6 Å². The van der Waals surface area contributed by atoms with Gasteiger partial charge < -0.3 is 26.5 Å². The number of ether oxygens (including phenoxy) is 1. The number of carbonyl (C=O) groups is 1. The summed E-state index contributed by atoms with van der Waals surface area (Å²) in [4.78, 5) is 20.0. The number of aryl methyl sites for hydroxylation is 1. The van der Waals surface area contributed by atoms with Crippen LogP contribution in [0.25, 0.3) is 27.9 Å². The largest absolute Gasteiger partial charge is 2.00 e. The smallest absolute Gasteiger partial charge is 0.686 e. The van der Waals surface area contributed by atoms with Crippen molar-refractivity contribution in [3.8, 4) is 11.1 Å². The molecule has 4 rings (SSSR count). The Bertz CT molecular complexity index is 1030. The zero-order chi connectivity index (χ0) is 24.5. The minimum atomic E-state index is -0.139. The van der Waals surface area contributed by atoms with E-state index < -0.39 is 0 Å². The molecule has 0 aliphatic heterocycles. The van der Waals surface area contributed by atoms with E-state index in [4.69, 9.17) is 16.2 Å². The number of methoxy groups -OCH3 is 1. The van der Waals surface area contributed by atoms with Crippen LogP contribution in [0, 0.1) is 18.9 Å². The maximum Gasteiger partial charge on any atom is 2.00 e. The van der Waals surface area contributed by atoms with E-state index in [1.54, 1.807) is 26.4 Å². The Kier molecular flexibility index (Phi) is 15.7. The molecule has 1 aromatic heterocycles. The summed E-state index contributed by atoms with van der Waals surface area (Å²) in [5.41, 5.74) is 17.8. The van der Waals surface area contributed by atoms with Crippen molar-refractivity contribution in [2.75, 3.05) is 14.2 Å². The summed E-state index contributed by atoms with van der Waals surface area (Å²) >= 11 is 0. The van der Waals surface area contributed by atoms with E-state index in [9.17, 15) is 4.79 Å². The van der Waals surface area contributed by atoms with E-state index in [1.807, 2.05) is 37.3 Å². The van der Waals surface area contributed by atoms with Crippen molar-refractivity contribution in [1.82, 2.24) is 4.98 Å². The third-order valence-corrected chi connectivity index (χ3v) is 6.12. The van der Waals surface area contributed by atoms with Crippen LogP contribution in [-0.4, -0.2) is 43.0 Å². The number of rotatable bonds is 6. The number of nitrogens with zero attached hydrogens (tertiary/aromatic N) is 3. The van der Waals surface area contributed by atoms with E-state index in [2.05, 4.69) is 21.4 Å². The van der Waals surface area contributed by atoms with Gasteiger partial charge in [-0.1, -0.05) is 48.9 Å². The minimum absolute atomic E-state index is 0. The number of carbonyl (C=O) groups excluding carboxylic acids is 1. The van der Waals surface area contributed by atoms with Crippen LogP contribution in [0.4, 0.5) is 0 Å². The maximum absolute atomic E-state index is 11.8. The summed E-state index contributed by atoms with van der Waals surface area (Å²) in [6.07, 6.45) is 9.80. The molecule has 0 radical (unpaired) electrons. The van der Waals surface area contributed by atoms with E-state index in [-0.39, 0.29) is 96.2 Å². The first kappa shape index (κ1) is 33.3. The first-order valence-corrected chi connectivity index (χ1v) is 11.8. The van der Waals surface area contributed by atoms with Gasteiger partial charge in [-0.05, 0) is 49.9 Å². The molecule has 0 unspecified atom stereocenters. The van der Waals surface area contributed by atoms with Crippen molar-refractivity contribution in [1.29, 1.82) is 0 Å². The van der Waals surface area contributed by atoms with Crippen LogP contribution >= 0.6 is 0 Å². The third kappa shape index (κ3) is 10.6. The van der Waals surface area contributed by atoms with Gasteiger partial charge in [0.1, 0.15) is 5.84 Å². The van der Waals surface area contributed by atoms with Crippen LogP contribution < -0.4 is 57.1 Å². The van der Waals surface area contributed by atoms with Crippen LogP contribution in [0.2, 0.25) is 0 Å². The van der Waals surface area contributed by atoms with Gasteiger partial charge in [0.2, 0.25) is 0 Å². The molecule has 186 valence electrons. The first-order valence-electron chi connectivity index (χ1n) is 11.8. The summed E-state index contributed by atoms with van der Waals surface area (Å²) in [7, 11) is 3.45. The standard InChI is InChI=1S/C20H21N4O.C7H14NO.K.W/c1-13-17(7-4-10-23-13)15-5-3-6-16(11-15)18(22-2)12-19(21)24-20(25)14-8-9-14;1-9-7-4-2-6(8)3-5-7;;/h3,5-7,10-12,14H,8-9H2,1-2H3,(H3,21,22,24,25);6-8H,2-5H2,1H3;;/q2*-1;+1;+2/p-1. The summed E-state index contributed by atoms with van der Waals surface area (Å²) in [6.45, 7) is 1.96. The second kappa shape index (κ2) is 17.0. The van der Waals surface area contributed by atoms with Crippen molar-refractivity contribution in [3.63, 3.8) is 0 Å². The molecule has 0 saturated heterocycles. The summed E-state index contributed by atoms with van der Waals surface area (Å²) < 4.78 is 5.16. The molecule has 2 aromatic rings. The molecule has 36 heavy (non-hydrogen) atoms. The number of amidine groups is 1. The average molecular weight is 684 g/mol. The van der Waals surface area contributed by atoms with Crippen LogP contribution in [0.3, 0.4) is 0 Å². The first-order chi connectivity index (χ1) is 16.4. The van der Waals surface area contributed by atoms with Crippen LogP contribution in [0.1, 0.15) is 49.8 Å². The summed E-state index contributed by atoms with van der Waals surface area (Å²) in [5, 5.41) is 4.29. The fourth-order valence-corrected chi connectivity index (χ4v) is 3.86. The van der Waals surface area contributed by atoms with Crippen LogP contribution in [-0.2, 0) is 30.6 Å². The van der Waals surface area contributed by atoms with Gasteiger partial charge in [-0.3, -0.25) is 4.79 Å². The monoisotopic (exact) mass is 683 g/mol. The molecular formula is C27H34KN5O2W. The van der Waals surface area contributed by atoms with Crippen molar-refractivity contribution >= 4 is 17.4 Å². The number of aliphatic imine (C=N–C) groups is 1. The van der Waals surface area contributed by atoms with E-state index >= 15 is 0 Å². The quantitative estimate of drug-likeness (QED) is 0.218. The molecule has 2 aliphatic rings. The molecular weight excluding hydrogens is 649 g/mol. The van der Waals surface area contributed by atoms with Crippen molar-refractivity contribution in [3.05, 3.63) is 71.0 Å². The average Bonchev–Trinajstić information content (AvgIpc) is 3.70. The van der Waals surface area contributed by atoms with E-state index in [0.717, 1.165) is 60.9 Å². The number of benzene rings is 1.